The number of nitrogens with zero attached hydrogens (tertiary/aromatic N) is 1. The van der Waals surface area contributed by atoms with Crippen molar-refractivity contribution in [3.05, 3.63) is 95.4 Å². The van der Waals surface area contributed by atoms with Crippen LogP contribution in [-0.2, 0) is 0 Å². The number of rotatable bonds is 6. The summed E-state index contributed by atoms with van der Waals surface area (Å²) >= 11 is 0. The number of aryl methyl sites for hydroxylation is 2. The Hall–Kier alpha value is -4.38. The largest absolute Gasteiger partial charge is 0.496 e. The van der Waals surface area contributed by atoms with Crippen molar-refractivity contribution in [2.24, 2.45) is 0 Å². The van der Waals surface area contributed by atoms with Gasteiger partial charge in [-0.1, -0.05) is 36.4 Å². The molecule has 0 spiro atoms. The number of methoxy groups -OCH3 is 3. The fourth-order valence-electron chi connectivity index (χ4n) is 5.05. The van der Waals surface area contributed by atoms with Crippen LogP contribution in [0.4, 0.5) is 4.39 Å². The molecule has 0 N–H and O–H groups in total. The highest BCUT2D eigenvalue weighted by Crippen LogP contribution is 2.43. The first kappa shape index (κ1) is 25.3. The monoisotopic (exact) mass is 507 g/mol. The predicted octanol–water partition coefficient (Wildman–Crippen LogP) is 8.33. The van der Waals surface area contributed by atoms with Gasteiger partial charge < -0.3 is 14.2 Å². The Morgan fingerprint density at radius 1 is 0.658 bits per heavy atom. The summed E-state index contributed by atoms with van der Waals surface area (Å²) in [5.41, 5.74) is 8.66. The number of hydrogen-bond donors (Lipinski definition) is 0. The lowest BCUT2D eigenvalue weighted by Crippen LogP contribution is -1.98. The molecule has 192 valence electrons. The molecule has 4 nitrogen and oxygen atoms in total. The van der Waals surface area contributed by atoms with Crippen molar-refractivity contribution in [3.8, 4) is 50.8 Å². The van der Waals surface area contributed by atoms with Crippen LogP contribution >= 0.6 is 0 Å². The smallest absolute Gasteiger partial charge is 0.168 e. The molecular formula is C33H30FNO3. The minimum absolute atomic E-state index is 0.259. The highest BCUT2D eigenvalue weighted by Gasteiger charge is 2.18. The third kappa shape index (κ3) is 4.45. The number of ether oxygens (including phenoxy) is 3. The Morgan fingerprint density at radius 3 is 2.05 bits per heavy atom. The van der Waals surface area contributed by atoms with Gasteiger partial charge in [-0.25, -0.2) is 4.39 Å². The fraction of sp³-hybridized carbons (Fsp3) is 0.182. The van der Waals surface area contributed by atoms with E-state index in [2.05, 4.69) is 38.1 Å². The summed E-state index contributed by atoms with van der Waals surface area (Å²) in [6.45, 7) is 6.17. The molecule has 0 atom stereocenters. The van der Waals surface area contributed by atoms with Crippen molar-refractivity contribution in [2.75, 3.05) is 21.3 Å². The molecule has 38 heavy (non-hydrogen) atoms. The first-order valence-electron chi connectivity index (χ1n) is 12.4. The number of benzene rings is 4. The minimum atomic E-state index is -0.259. The molecular weight excluding hydrogens is 477 g/mol. The van der Waals surface area contributed by atoms with Crippen LogP contribution in [0.25, 0.3) is 44.3 Å². The number of pyridine rings is 1. The summed E-state index contributed by atoms with van der Waals surface area (Å²) in [5, 5.41) is 2.09. The van der Waals surface area contributed by atoms with Crippen LogP contribution < -0.4 is 14.2 Å². The summed E-state index contributed by atoms with van der Waals surface area (Å²) < 4.78 is 30.8. The van der Waals surface area contributed by atoms with Crippen LogP contribution in [0.2, 0.25) is 0 Å². The van der Waals surface area contributed by atoms with Crippen molar-refractivity contribution >= 4 is 10.8 Å². The SMILES string of the molecule is COc1cc(-c2cc3cc(C)c(C)c(OC)c3c(C)n2)cc(-c2cccc(-c3ccc(F)cc3)c2)c1OC. The van der Waals surface area contributed by atoms with Gasteiger partial charge >= 0.3 is 0 Å². The fourth-order valence-corrected chi connectivity index (χ4v) is 5.05. The molecule has 0 radical (unpaired) electrons. The first-order chi connectivity index (χ1) is 18.3. The van der Waals surface area contributed by atoms with Gasteiger partial charge in [-0.05, 0) is 90.4 Å². The molecule has 0 aliphatic rings. The maximum absolute atomic E-state index is 13.5. The molecule has 0 bridgehead atoms. The third-order valence-electron chi connectivity index (χ3n) is 7.09. The number of fused-ring (bicyclic) bond motifs is 1. The lowest BCUT2D eigenvalue weighted by Gasteiger charge is -2.18. The van der Waals surface area contributed by atoms with Crippen LogP contribution in [0, 0.1) is 26.6 Å². The predicted molar refractivity (Wildman–Crippen MR) is 152 cm³/mol. The van der Waals surface area contributed by atoms with Crippen LogP contribution in [0.3, 0.4) is 0 Å². The molecule has 5 rings (SSSR count). The molecule has 5 heteroatoms. The van der Waals surface area contributed by atoms with Gasteiger partial charge in [0.05, 0.1) is 27.0 Å². The van der Waals surface area contributed by atoms with Crippen molar-refractivity contribution in [3.63, 3.8) is 0 Å². The van der Waals surface area contributed by atoms with E-state index >= 15 is 0 Å². The van der Waals surface area contributed by atoms with Crippen LogP contribution in [0.1, 0.15) is 16.8 Å². The number of halogens is 1. The molecule has 0 saturated heterocycles. The van der Waals surface area contributed by atoms with Gasteiger partial charge in [0.15, 0.2) is 11.5 Å². The summed E-state index contributed by atoms with van der Waals surface area (Å²) in [4.78, 5) is 4.98. The molecule has 0 unspecified atom stereocenters. The van der Waals surface area contributed by atoms with Crippen molar-refractivity contribution in [2.45, 2.75) is 20.8 Å². The van der Waals surface area contributed by atoms with Gasteiger partial charge in [-0.3, -0.25) is 4.98 Å². The molecule has 0 aliphatic carbocycles. The second-order valence-corrected chi connectivity index (χ2v) is 9.39. The Balaban J connectivity index is 1.70. The quantitative estimate of drug-likeness (QED) is 0.232. The zero-order valence-corrected chi connectivity index (χ0v) is 22.5. The Kier molecular flexibility index (Phi) is 6.77. The van der Waals surface area contributed by atoms with Gasteiger partial charge in [-0.15, -0.1) is 0 Å². The van der Waals surface area contributed by atoms with Crippen LogP contribution in [-0.4, -0.2) is 26.3 Å². The van der Waals surface area contributed by atoms with Crippen LogP contribution in [0.5, 0.6) is 17.2 Å². The third-order valence-corrected chi connectivity index (χ3v) is 7.09. The minimum Gasteiger partial charge on any atom is -0.496 e. The Bertz CT molecular complexity index is 1660. The molecule has 0 saturated carbocycles. The molecule has 0 fully saturated rings. The molecule has 0 amide bonds. The highest BCUT2D eigenvalue weighted by molar-refractivity contribution is 5.95. The van der Waals surface area contributed by atoms with E-state index in [1.807, 2.05) is 31.2 Å². The van der Waals surface area contributed by atoms with Gasteiger partial charge in [-0.2, -0.15) is 0 Å². The van der Waals surface area contributed by atoms with E-state index in [1.165, 1.54) is 12.1 Å². The lowest BCUT2D eigenvalue weighted by atomic mass is 9.95. The number of aromatic nitrogens is 1. The summed E-state index contributed by atoms with van der Waals surface area (Å²) in [6, 6.07) is 22.9. The zero-order chi connectivity index (χ0) is 27.0. The first-order valence-corrected chi connectivity index (χ1v) is 12.4. The summed E-state index contributed by atoms with van der Waals surface area (Å²) in [5.74, 6) is 1.86. The number of hydrogen-bond acceptors (Lipinski definition) is 4. The van der Waals surface area contributed by atoms with Gasteiger partial charge in [0.1, 0.15) is 11.6 Å². The van der Waals surface area contributed by atoms with E-state index in [-0.39, 0.29) is 5.82 Å². The van der Waals surface area contributed by atoms with E-state index < -0.39 is 0 Å². The van der Waals surface area contributed by atoms with Gasteiger partial charge in [0.25, 0.3) is 0 Å². The second kappa shape index (κ2) is 10.2. The van der Waals surface area contributed by atoms with Crippen molar-refractivity contribution in [1.82, 2.24) is 4.98 Å². The van der Waals surface area contributed by atoms with E-state index in [9.17, 15) is 4.39 Å². The van der Waals surface area contributed by atoms with Crippen molar-refractivity contribution in [1.29, 1.82) is 0 Å². The van der Waals surface area contributed by atoms with E-state index in [0.717, 1.165) is 66.9 Å². The summed E-state index contributed by atoms with van der Waals surface area (Å²) in [6.07, 6.45) is 0. The van der Waals surface area contributed by atoms with E-state index in [4.69, 9.17) is 19.2 Å². The molecule has 0 aliphatic heterocycles. The van der Waals surface area contributed by atoms with E-state index in [1.54, 1.807) is 33.5 Å². The van der Waals surface area contributed by atoms with Gasteiger partial charge in [0.2, 0.25) is 0 Å². The molecule has 5 aromatic rings. The molecule has 4 aromatic carbocycles. The Morgan fingerprint density at radius 2 is 1.37 bits per heavy atom. The topological polar surface area (TPSA) is 40.6 Å². The average Bonchev–Trinajstić information content (AvgIpc) is 2.93. The maximum Gasteiger partial charge on any atom is 0.168 e. The average molecular weight is 508 g/mol. The summed E-state index contributed by atoms with van der Waals surface area (Å²) in [7, 11) is 4.98. The zero-order valence-electron chi connectivity index (χ0n) is 22.5. The van der Waals surface area contributed by atoms with E-state index in [0.29, 0.717) is 11.5 Å². The lowest BCUT2D eigenvalue weighted by molar-refractivity contribution is 0.356. The van der Waals surface area contributed by atoms with Crippen LogP contribution in [0.15, 0.2) is 72.8 Å². The molecule has 1 aromatic heterocycles. The van der Waals surface area contributed by atoms with Crippen molar-refractivity contribution < 1.29 is 18.6 Å². The maximum atomic E-state index is 13.5. The standard InChI is InChI=1S/C33H30FNO3/c1-19-14-26-17-29(35-21(3)31(26)32(37-5)20(19)2)25-16-28(33(38-6)30(18-25)36-4)24-9-7-8-23(15-24)22-10-12-27(34)13-11-22/h7-18H,1-6H3. The second-order valence-electron chi connectivity index (χ2n) is 9.39. The normalized spacial score (nSPS) is 11.0. The Labute approximate surface area is 222 Å². The highest BCUT2D eigenvalue weighted by atomic mass is 19.1. The molecule has 1 heterocycles. The van der Waals surface area contributed by atoms with Gasteiger partial charge in [0, 0.05) is 22.2 Å².